The Balaban J connectivity index is 1.74. The number of amides is 1. The van der Waals surface area contributed by atoms with Crippen LogP contribution in [0.25, 0.3) is 11.3 Å². The van der Waals surface area contributed by atoms with Crippen molar-refractivity contribution in [1.29, 1.82) is 0 Å². The summed E-state index contributed by atoms with van der Waals surface area (Å²) in [6.45, 7) is 1.64. The summed E-state index contributed by atoms with van der Waals surface area (Å²) in [5.74, 6) is -0.495. The first-order chi connectivity index (χ1) is 13.0. The molecule has 0 aliphatic rings. The van der Waals surface area contributed by atoms with Gasteiger partial charge in [0, 0.05) is 23.3 Å². The standard InChI is InChI=1S/C18H14ClN5O3/c1-11(12-5-4-6-13(9-12)24(26)27)20-23-18(25)17-10-16(21-22-17)14-7-2-3-8-15(14)19/h2-10H,1H3,(H,21,22)(H,23,25). The SMILES string of the molecule is CC(=NNC(=O)c1cc(-c2ccccc2Cl)n[nH]1)c1cccc([N+](=O)[O-])c1. The van der Waals surface area contributed by atoms with Gasteiger partial charge in [0.2, 0.25) is 0 Å². The van der Waals surface area contributed by atoms with Crippen LogP contribution in [0.1, 0.15) is 23.0 Å². The van der Waals surface area contributed by atoms with Crippen LogP contribution in [-0.4, -0.2) is 26.7 Å². The number of nitro benzene ring substituents is 1. The molecule has 0 fully saturated rings. The van der Waals surface area contributed by atoms with Crippen LogP contribution in [0, 0.1) is 10.1 Å². The summed E-state index contributed by atoms with van der Waals surface area (Å²) in [5.41, 5.74) is 4.75. The summed E-state index contributed by atoms with van der Waals surface area (Å²) in [7, 11) is 0. The topological polar surface area (TPSA) is 113 Å². The number of non-ortho nitro benzene ring substituents is 1. The predicted octanol–water partition coefficient (Wildman–Crippen LogP) is 3.79. The van der Waals surface area contributed by atoms with Crippen molar-refractivity contribution < 1.29 is 9.72 Å². The second-order valence-electron chi connectivity index (χ2n) is 5.59. The molecule has 0 unspecified atom stereocenters. The molecule has 2 aromatic carbocycles. The molecule has 1 aromatic heterocycles. The monoisotopic (exact) mass is 383 g/mol. The van der Waals surface area contributed by atoms with Crippen LogP contribution in [-0.2, 0) is 0 Å². The number of H-pyrrole nitrogens is 1. The number of hydrogen-bond acceptors (Lipinski definition) is 5. The maximum atomic E-state index is 12.3. The Morgan fingerprint density at radius 2 is 2.00 bits per heavy atom. The van der Waals surface area contributed by atoms with Crippen molar-refractivity contribution in [3.8, 4) is 11.3 Å². The lowest BCUT2D eigenvalue weighted by Gasteiger charge is -2.02. The number of carbonyl (C=O) groups is 1. The van der Waals surface area contributed by atoms with Crippen LogP contribution in [0.4, 0.5) is 5.69 Å². The third-order valence-corrected chi connectivity index (χ3v) is 4.10. The van der Waals surface area contributed by atoms with E-state index in [0.717, 1.165) is 0 Å². The normalized spacial score (nSPS) is 11.3. The summed E-state index contributed by atoms with van der Waals surface area (Å²) < 4.78 is 0. The maximum absolute atomic E-state index is 12.3. The van der Waals surface area contributed by atoms with Crippen molar-refractivity contribution in [2.75, 3.05) is 0 Å². The molecule has 0 aliphatic carbocycles. The van der Waals surface area contributed by atoms with E-state index >= 15 is 0 Å². The zero-order chi connectivity index (χ0) is 19.4. The number of rotatable bonds is 5. The van der Waals surface area contributed by atoms with Gasteiger partial charge in [-0.2, -0.15) is 10.2 Å². The first-order valence-electron chi connectivity index (χ1n) is 7.85. The van der Waals surface area contributed by atoms with Gasteiger partial charge in [0.1, 0.15) is 5.69 Å². The molecule has 3 rings (SSSR count). The molecule has 9 heteroatoms. The highest BCUT2D eigenvalue weighted by molar-refractivity contribution is 6.33. The van der Waals surface area contributed by atoms with Crippen molar-refractivity contribution >= 4 is 28.9 Å². The first kappa shape index (κ1) is 18.3. The van der Waals surface area contributed by atoms with E-state index in [0.29, 0.717) is 27.6 Å². The number of carbonyl (C=O) groups excluding carboxylic acids is 1. The molecule has 1 amide bonds. The fourth-order valence-corrected chi connectivity index (χ4v) is 2.58. The summed E-state index contributed by atoms with van der Waals surface area (Å²) in [6.07, 6.45) is 0. The molecule has 27 heavy (non-hydrogen) atoms. The van der Waals surface area contributed by atoms with Gasteiger partial charge in [-0.1, -0.05) is 41.9 Å². The molecule has 0 atom stereocenters. The van der Waals surface area contributed by atoms with E-state index in [4.69, 9.17) is 11.6 Å². The molecule has 8 nitrogen and oxygen atoms in total. The Morgan fingerprint density at radius 1 is 1.22 bits per heavy atom. The van der Waals surface area contributed by atoms with Crippen LogP contribution >= 0.6 is 11.6 Å². The quantitative estimate of drug-likeness (QED) is 0.396. The molecule has 1 heterocycles. The zero-order valence-electron chi connectivity index (χ0n) is 14.1. The van der Waals surface area contributed by atoms with Crippen molar-refractivity contribution in [3.63, 3.8) is 0 Å². The molecule has 0 radical (unpaired) electrons. The number of aromatic nitrogens is 2. The number of nitrogens with zero attached hydrogens (tertiary/aromatic N) is 3. The highest BCUT2D eigenvalue weighted by atomic mass is 35.5. The molecule has 136 valence electrons. The minimum atomic E-state index is -0.495. The van der Waals surface area contributed by atoms with E-state index < -0.39 is 10.8 Å². The number of benzene rings is 2. The number of hydrazone groups is 1. The van der Waals surface area contributed by atoms with Crippen molar-refractivity contribution in [2.24, 2.45) is 5.10 Å². The largest absolute Gasteiger partial charge is 0.289 e. The van der Waals surface area contributed by atoms with Gasteiger partial charge in [0.25, 0.3) is 11.6 Å². The summed E-state index contributed by atoms with van der Waals surface area (Å²) in [5, 5.41) is 22.1. The van der Waals surface area contributed by atoms with Gasteiger partial charge in [0.05, 0.1) is 21.4 Å². The average Bonchev–Trinajstić information content (AvgIpc) is 3.16. The fraction of sp³-hybridized carbons (Fsp3) is 0.0556. The molecule has 3 aromatic rings. The number of aromatic amines is 1. The van der Waals surface area contributed by atoms with Gasteiger partial charge in [-0.05, 0) is 19.1 Å². The summed E-state index contributed by atoms with van der Waals surface area (Å²) >= 11 is 6.13. The molecule has 0 saturated carbocycles. The van der Waals surface area contributed by atoms with Crippen LogP contribution in [0.3, 0.4) is 0 Å². The van der Waals surface area contributed by atoms with E-state index in [1.54, 1.807) is 43.3 Å². The third kappa shape index (κ3) is 4.18. The summed E-state index contributed by atoms with van der Waals surface area (Å²) in [4.78, 5) is 22.6. The molecule has 0 bridgehead atoms. The highest BCUT2D eigenvalue weighted by Crippen LogP contribution is 2.26. The highest BCUT2D eigenvalue weighted by Gasteiger charge is 2.13. The zero-order valence-corrected chi connectivity index (χ0v) is 14.9. The van der Waals surface area contributed by atoms with Crippen LogP contribution in [0.5, 0.6) is 0 Å². The van der Waals surface area contributed by atoms with Crippen LogP contribution < -0.4 is 5.43 Å². The second-order valence-corrected chi connectivity index (χ2v) is 6.00. The minimum Gasteiger partial charge on any atom is -0.272 e. The number of halogens is 1. The van der Waals surface area contributed by atoms with E-state index in [2.05, 4.69) is 20.7 Å². The maximum Gasteiger partial charge on any atom is 0.289 e. The van der Waals surface area contributed by atoms with Gasteiger partial charge in [-0.15, -0.1) is 0 Å². The molecule has 0 aliphatic heterocycles. The lowest BCUT2D eigenvalue weighted by atomic mass is 10.1. The number of nitro groups is 1. The lowest BCUT2D eigenvalue weighted by Crippen LogP contribution is -2.19. The lowest BCUT2D eigenvalue weighted by molar-refractivity contribution is -0.384. The van der Waals surface area contributed by atoms with Crippen molar-refractivity contribution in [1.82, 2.24) is 15.6 Å². The summed E-state index contributed by atoms with van der Waals surface area (Å²) in [6, 6.07) is 14.7. The van der Waals surface area contributed by atoms with Crippen LogP contribution in [0.15, 0.2) is 59.7 Å². The Labute approximate surface area is 159 Å². The average molecular weight is 384 g/mol. The first-order valence-corrected chi connectivity index (χ1v) is 8.23. The van der Waals surface area contributed by atoms with E-state index in [-0.39, 0.29) is 11.4 Å². The smallest absolute Gasteiger partial charge is 0.272 e. The Hall–Kier alpha value is -3.52. The minimum absolute atomic E-state index is 0.0497. The Bertz CT molecular complexity index is 1040. The molecular formula is C18H14ClN5O3. The van der Waals surface area contributed by atoms with E-state index in [1.807, 2.05) is 6.07 Å². The van der Waals surface area contributed by atoms with Crippen molar-refractivity contribution in [2.45, 2.75) is 6.92 Å². The molecule has 0 spiro atoms. The van der Waals surface area contributed by atoms with Crippen molar-refractivity contribution in [3.05, 3.63) is 81.0 Å². The second kappa shape index (κ2) is 7.79. The fourth-order valence-electron chi connectivity index (χ4n) is 2.35. The molecule has 2 N–H and O–H groups in total. The Morgan fingerprint density at radius 3 is 2.74 bits per heavy atom. The third-order valence-electron chi connectivity index (χ3n) is 3.77. The van der Waals surface area contributed by atoms with Gasteiger partial charge in [0.15, 0.2) is 0 Å². The Kier molecular flexibility index (Phi) is 5.28. The number of nitrogens with one attached hydrogen (secondary N) is 2. The molecule has 0 saturated heterocycles. The van der Waals surface area contributed by atoms with Crippen LogP contribution in [0.2, 0.25) is 5.02 Å². The van der Waals surface area contributed by atoms with Gasteiger partial charge < -0.3 is 0 Å². The predicted molar refractivity (Wildman–Crippen MR) is 102 cm³/mol. The van der Waals surface area contributed by atoms with E-state index in [1.165, 1.54) is 12.1 Å². The van der Waals surface area contributed by atoms with Gasteiger partial charge >= 0.3 is 0 Å². The van der Waals surface area contributed by atoms with E-state index in [9.17, 15) is 14.9 Å². The van der Waals surface area contributed by atoms with Gasteiger partial charge in [-0.25, -0.2) is 5.43 Å². The van der Waals surface area contributed by atoms with Gasteiger partial charge in [-0.3, -0.25) is 20.0 Å². The number of hydrogen-bond donors (Lipinski definition) is 2. The molecular weight excluding hydrogens is 370 g/mol.